The van der Waals surface area contributed by atoms with E-state index < -0.39 is 0 Å². The smallest absolute Gasteiger partial charge is 0.255 e. The van der Waals surface area contributed by atoms with Crippen molar-refractivity contribution in [3.8, 4) is 0 Å². The third-order valence-electron chi connectivity index (χ3n) is 3.86. The van der Waals surface area contributed by atoms with Gasteiger partial charge in [0, 0.05) is 30.5 Å². The second-order valence-corrected chi connectivity index (χ2v) is 5.28. The van der Waals surface area contributed by atoms with Crippen LogP contribution < -0.4 is 10.2 Å². The summed E-state index contributed by atoms with van der Waals surface area (Å²) in [5.74, 6) is -0.0448. The average molecular weight is 266 g/mol. The lowest BCUT2D eigenvalue weighted by Crippen LogP contribution is -2.14. The second-order valence-electron chi connectivity index (χ2n) is 5.28. The molecule has 20 heavy (non-hydrogen) atoms. The van der Waals surface area contributed by atoms with Gasteiger partial charge in [-0.1, -0.05) is 18.2 Å². The van der Waals surface area contributed by atoms with Crippen LogP contribution in [0.5, 0.6) is 0 Å². The molecule has 3 rings (SSSR count). The summed E-state index contributed by atoms with van der Waals surface area (Å²) < 4.78 is 0. The van der Waals surface area contributed by atoms with E-state index >= 15 is 0 Å². The minimum Gasteiger partial charge on any atom is -0.374 e. The molecule has 0 unspecified atom stereocenters. The molecule has 3 nitrogen and oxygen atoms in total. The number of likely N-dealkylation sites (N-methyl/N-ethyl adjacent to an activating group) is 1. The number of benzene rings is 2. The van der Waals surface area contributed by atoms with Crippen molar-refractivity contribution in [2.75, 3.05) is 23.8 Å². The third kappa shape index (κ3) is 2.27. The normalized spacial score (nSPS) is 13.2. The molecule has 2 aromatic rings. The Morgan fingerprint density at radius 3 is 2.80 bits per heavy atom. The van der Waals surface area contributed by atoms with Crippen molar-refractivity contribution < 1.29 is 4.79 Å². The van der Waals surface area contributed by atoms with E-state index in [0.29, 0.717) is 0 Å². The maximum atomic E-state index is 12.3. The largest absolute Gasteiger partial charge is 0.374 e. The highest BCUT2D eigenvalue weighted by molar-refractivity contribution is 6.05. The summed E-state index contributed by atoms with van der Waals surface area (Å²) in [5.41, 5.74) is 5.15. The molecule has 0 aromatic heterocycles. The summed E-state index contributed by atoms with van der Waals surface area (Å²) in [7, 11) is 2.08. The highest BCUT2D eigenvalue weighted by Crippen LogP contribution is 2.27. The number of carbonyl (C=O) groups excluding carboxylic acids is 1. The second kappa shape index (κ2) is 5.00. The fourth-order valence-corrected chi connectivity index (χ4v) is 2.62. The van der Waals surface area contributed by atoms with E-state index in [-0.39, 0.29) is 5.91 Å². The van der Waals surface area contributed by atoms with Crippen LogP contribution in [0.1, 0.15) is 21.5 Å². The van der Waals surface area contributed by atoms with Crippen LogP contribution in [-0.4, -0.2) is 19.5 Å². The molecular weight excluding hydrogens is 248 g/mol. The van der Waals surface area contributed by atoms with Crippen LogP contribution in [0.4, 0.5) is 11.4 Å². The lowest BCUT2D eigenvalue weighted by atomic mass is 10.1. The third-order valence-corrected chi connectivity index (χ3v) is 3.86. The Bertz CT molecular complexity index is 664. The lowest BCUT2D eigenvalue weighted by molar-refractivity contribution is 0.102. The maximum Gasteiger partial charge on any atom is 0.255 e. The van der Waals surface area contributed by atoms with Crippen molar-refractivity contribution in [3.05, 3.63) is 59.2 Å². The van der Waals surface area contributed by atoms with Crippen molar-refractivity contribution in [2.24, 2.45) is 0 Å². The van der Waals surface area contributed by atoms with Crippen molar-refractivity contribution in [1.82, 2.24) is 0 Å². The molecule has 1 amide bonds. The van der Waals surface area contributed by atoms with Crippen LogP contribution in [0.2, 0.25) is 0 Å². The summed E-state index contributed by atoms with van der Waals surface area (Å²) in [5, 5.41) is 2.98. The number of amides is 1. The van der Waals surface area contributed by atoms with Gasteiger partial charge in [-0.25, -0.2) is 0 Å². The number of aryl methyl sites for hydroxylation is 1. The van der Waals surface area contributed by atoms with Gasteiger partial charge in [-0.05, 0) is 48.7 Å². The summed E-state index contributed by atoms with van der Waals surface area (Å²) >= 11 is 0. The number of fused-ring (bicyclic) bond motifs is 1. The van der Waals surface area contributed by atoms with Gasteiger partial charge in [0.2, 0.25) is 0 Å². The average Bonchev–Trinajstić information content (AvgIpc) is 2.82. The number of hydrogen-bond acceptors (Lipinski definition) is 2. The zero-order valence-electron chi connectivity index (χ0n) is 11.8. The Morgan fingerprint density at radius 1 is 1.20 bits per heavy atom. The highest BCUT2D eigenvalue weighted by Gasteiger charge is 2.17. The maximum absolute atomic E-state index is 12.3. The predicted molar refractivity (Wildman–Crippen MR) is 82.5 cm³/mol. The Hall–Kier alpha value is -2.29. The van der Waals surface area contributed by atoms with E-state index in [1.165, 1.54) is 11.3 Å². The zero-order chi connectivity index (χ0) is 14.1. The molecule has 0 spiro atoms. The molecule has 0 radical (unpaired) electrons. The number of para-hydroxylation sites is 1. The van der Waals surface area contributed by atoms with Crippen LogP contribution in [0.3, 0.4) is 0 Å². The molecule has 1 N–H and O–H groups in total. The van der Waals surface area contributed by atoms with Crippen molar-refractivity contribution in [3.63, 3.8) is 0 Å². The molecule has 0 saturated carbocycles. The van der Waals surface area contributed by atoms with Crippen LogP contribution in [0, 0.1) is 6.92 Å². The molecule has 1 aliphatic heterocycles. The van der Waals surface area contributed by atoms with Crippen LogP contribution in [0.25, 0.3) is 0 Å². The first kappa shape index (κ1) is 12.7. The fraction of sp³-hybridized carbons (Fsp3) is 0.235. The van der Waals surface area contributed by atoms with Gasteiger partial charge < -0.3 is 10.2 Å². The Kier molecular flexibility index (Phi) is 3.18. The standard InChI is InChI=1S/C17H18N2O/c1-12-5-3-4-6-15(12)18-17(20)14-7-8-16-13(11-14)9-10-19(16)2/h3-8,11H,9-10H2,1-2H3,(H,18,20). The van der Waals surface area contributed by atoms with Gasteiger partial charge in [0.1, 0.15) is 0 Å². The monoisotopic (exact) mass is 266 g/mol. The molecule has 2 aromatic carbocycles. The first-order valence-electron chi connectivity index (χ1n) is 6.86. The number of hydrogen-bond donors (Lipinski definition) is 1. The van der Waals surface area contributed by atoms with Gasteiger partial charge in [-0.15, -0.1) is 0 Å². The Labute approximate surface area is 119 Å². The molecule has 0 fully saturated rings. The first-order chi connectivity index (χ1) is 9.65. The summed E-state index contributed by atoms with van der Waals surface area (Å²) in [4.78, 5) is 14.5. The van der Waals surface area contributed by atoms with E-state index in [4.69, 9.17) is 0 Å². The van der Waals surface area contributed by atoms with Gasteiger partial charge in [0.15, 0.2) is 0 Å². The van der Waals surface area contributed by atoms with E-state index in [9.17, 15) is 4.79 Å². The van der Waals surface area contributed by atoms with E-state index in [2.05, 4.69) is 17.3 Å². The molecule has 1 aliphatic rings. The zero-order valence-corrected chi connectivity index (χ0v) is 11.8. The fourth-order valence-electron chi connectivity index (χ4n) is 2.62. The van der Waals surface area contributed by atoms with Gasteiger partial charge in [0.05, 0.1) is 0 Å². The number of nitrogens with one attached hydrogen (secondary N) is 1. The molecular formula is C17H18N2O. The predicted octanol–water partition coefficient (Wildman–Crippen LogP) is 3.24. The number of carbonyl (C=O) groups is 1. The van der Waals surface area contributed by atoms with Crippen LogP contribution in [0.15, 0.2) is 42.5 Å². The van der Waals surface area contributed by atoms with E-state index in [1.54, 1.807) is 0 Å². The molecule has 1 heterocycles. The molecule has 0 aliphatic carbocycles. The molecule has 0 saturated heterocycles. The Morgan fingerprint density at radius 2 is 2.00 bits per heavy atom. The molecule has 3 heteroatoms. The SMILES string of the molecule is Cc1ccccc1NC(=O)c1ccc2c(c1)CCN2C. The van der Waals surface area contributed by atoms with Gasteiger partial charge in [-0.3, -0.25) is 4.79 Å². The van der Waals surface area contributed by atoms with Gasteiger partial charge in [-0.2, -0.15) is 0 Å². The molecule has 0 atom stereocenters. The summed E-state index contributed by atoms with van der Waals surface area (Å²) in [6.45, 7) is 3.02. The van der Waals surface area contributed by atoms with Gasteiger partial charge >= 0.3 is 0 Å². The van der Waals surface area contributed by atoms with Gasteiger partial charge in [0.25, 0.3) is 5.91 Å². The van der Waals surface area contributed by atoms with Crippen molar-refractivity contribution in [2.45, 2.75) is 13.3 Å². The van der Waals surface area contributed by atoms with Crippen LogP contribution >= 0.6 is 0 Å². The van der Waals surface area contributed by atoms with E-state index in [1.807, 2.05) is 49.4 Å². The lowest BCUT2D eigenvalue weighted by Gasteiger charge is -2.12. The Balaban J connectivity index is 1.83. The quantitative estimate of drug-likeness (QED) is 0.905. The first-order valence-corrected chi connectivity index (χ1v) is 6.86. The van der Waals surface area contributed by atoms with Crippen molar-refractivity contribution in [1.29, 1.82) is 0 Å². The minimum atomic E-state index is -0.0448. The van der Waals surface area contributed by atoms with Crippen LogP contribution in [-0.2, 0) is 6.42 Å². The molecule has 102 valence electrons. The van der Waals surface area contributed by atoms with Crippen molar-refractivity contribution >= 4 is 17.3 Å². The number of nitrogens with zero attached hydrogens (tertiary/aromatic N) is 1. The minimum absolute atomic E-state index is 0.0448. The topological polar surface area (TPSA) is 32.3 Å². The molecule has 0 bridgehead atoms. The number of rotatable bonds is 2. The summed E-state index contributed by atoms with van der Waals surface area (Å²) in [6.07, 6.45) is 1.01. The highest BCUT2D eigenvalue weighted by atomic mass is 16.1. The summed E-state index contributed by atoms with van der Waals surface area (Å²) in [6, 6.07) is 13.8. The van der Waals surface area contributed by atoms with E-state index in [0.717, 1.165) is 29.8 Å². The number of anilines is 2.